The standard InChI is InChI=1S/C14H22N2O3S/c17-12-13-6-8-16(9-7-13)10-11-20(18,19)15-14-4-2-1-3-5-14/h1-5,13,15,17H,6-12H2. The van der Waals surface area contributed by atoms with E-state index in [0.29, 0.717) is 18.2 Å². The molecule has 1 aromatic rings. The van der Waals surface area contributed by atoms with E-state index in [1.165, 1.54) is 0 Å². The predicted molar refractivity (Wildman–Crippen MR) is 80.1 cm³/mol. The van der Waals surface area contributed by atoms with Crippen molar-refractivity contribution < 1.29 is 13.5 Å². The molecule has 6 heteroatoms. The molecule has 112 valence electrons. The number of nitrogens with one attached hydrogen (secondary N) is 1. The molecular formula is C14H22N2O3S. The van der Waals surface area contributed by atoms with Crippen molar-refractivity contribution in [1.82, 2.24) is 4.90 Å². The Morgan fingerprint density at radius 3 is 2.45 bits per heavy atom. The summed E-state index contributed by atoms with van der Waals surface area (Å²) in [5.41, 5.74) is 0.603. The molecule has 0 spiro atoms. The van der Waals surface area contributed by atoms with Crippen molar-refractivity contribution >= 4 is 15.7 Å². The van der Waals surface area contributed by atoms with Crippen molar-refractivity contribution in [2.45, 2.75) is 12.8 Å². The Morgan fingerprint density at radius 2 is 1.85 bits per heavy atom. The van der Waals surface area contributed by atoms with Gasteiger partial charge in [-0.2, -0.15) is 0 Å². The molecule has 1 aromatic carbocycles. The summed E-state index contributed by atoms with van der Waals surface area (Å²) in [6.45, 7) is 2.51. The second kappa shape index (κ2) is 7.06. The molecule has 0 aromatic heterocycles. The Kier molecular flexibility index (Phi) is 5.39. The van der Waals surface area contributed by atoms with E-state index in [0.717, 1.165) is 25.9 Å². The largest absolute Gasteiger partial charge is 0.396 e. The van der Waals surface area contributed by atoms with Crippen molar-refractivity contribution in [3.63, 3.8) is 0 Å². The lowest BCUT2D eigenvalue weighted by Gasteiger charge is -2.30. The molecule has 2 N–H and O–H groups in total. The summed E-state index contributed by atoms with van der Waals surface area (Å²) in [4.78, 5) is 2.15. The number of hydrogen-bond acceptors (Lipinski definition) is 4. The lowest BCUT2D eigenvalue weighted by Crippen LogP contribution is -2.38. The Hall–Kier alpha value is -1.11. The van der Waals surface area contributed by atoms with Gasteiger partial charge >= 0.3 is 0 Å². The molecule has 20 heavy (non-hydrogen) atoms. The Morgan fingerprint density at radius 1 is 1.20 bits per heavy atom. The molecule has 1 aliphatic rings. The monoisotopic (exact) mass is 298 g/mol. The summed E-state index contributed by atoms with van der Waals surface area (Å²) >= 11 is 0. The summed E-state index contributed by atoms with van der Waals surface area (Å²) in [5.74, 6) is 0.483. The van der Waals surface area contributed by atoms with Gasteiger partial charge in [0.2, 0.25) is 10.0 Å². The number of benzene rings is 1. The molecule has 0 radical (unpaired) electrons. The molecule has 0 bridgehead atoms. The zero-order chi connectivity index (χ0) is 14.4. The average molecular weight is 298 g/mol. The van der Waals surface area contributed by atoms with Gasteiger partial charge in [-0.1, -0.05) is 18.2 Å². The fourth-order valence-electron chi connectivity index (χ4n) is 2.38. The van der Waals surface area contributed by atoms with Gasteiger partial charge in [-0.05, 0) is 44.0 Å². The highest BCUT2D eigenvalue weighted by atomic mass is 32.2. The van der Waals surface area contributed by atoms with Gasteiger partial charge in [-0.25, -0.2) is 8.42 Å². The SMILES string of the molecule is O=S(=O)(CCN1CCC(CO)CC1)Nc1ccccc1. The normalized spacial score (nSPS) is 18.1. The van der Waals surface area contributed by atoms with E-state index >= 15 is 0 Å². The van der Waals surface area contributed by atoms with Crippen LogP contribution in [0.15, 0.2) is 30.3 Å². The van der Waals surface area contributed by atoms with Gasteiger partial charge in [0.05, 0.1) is 5.75 Å². The Bertz CT molecular complexity index is 496. The molecule has 0 aliphatic carbocycles. The summed E-state index contributed by atoms with van der Waals surface area (Å²) in [6, 6.07) is 8.94. The van der Waals surface area contributed by atoms with E-state index < -0.39 is 10.0 Å². The van der Waals surface area contributed by atoms with Crippen molar-refractivity contribution in [3.8, 4) is 0 Å². The molecule has 2 rings (SSSR count). The van der Waals surface area contributed by atoms with Crippen molar-refractivity contribution in [1.29, 1.82) is 0 Å². The van der Waals surface area contributed by atoms with E-state index in [1.54, 1.807) is 24.3 Å². The van der Waals surface area contributed by atoms with Crippen LogP contribution in [0.4, 0.5) is 5.69 Å². The van der Waals surface area contributed by atoms with Crippen LogP contribution in [0, 0.1) is 5.92 Å². The number of anilines is 1. The highest BCUT2D eigenvalue weighted by Gasteiger charge is 2.20. The van der Waals surface area contributed by atoms with Crippen LogP contribution < -0.4 is 4.72 Å². The fraction of sp³-hybridized carbons (Fsp3) is 0.571. The minimum absolute atomic E-state index is 0.103. The van der Waals surface area contributed by atoms with Crippen molar-refractivity contribution in [3.05, 3.63) is 30.3 Å². The smallest absolute Gasteiger partial charge is 0.233 e. The van der Waals surface area contributed by atoms with E-state index in [9.17, 15) is 8.42 Å². The van der Waals surface area contributed by atoms with E-state index in [2.05, 4.69) is 9.62 Å². The third kappa shape index (κ3) is 4.77. The zero-order valence-electron chi connectivity index (χ0n) is 11.5. The number of para-hydroxylation sites is 1. The van der Waals surface area contributed by atoms with Crippen LogP contribution in [-0.2, 0) is 10.0 Å². The first-order valence-electron chi connectivity index (χ1n) is 6.98. The van der Waals surface area contributed by atoms with Gasteiger partial charge in [0.1, 0.15) is 0 Å². The van der Waals surface area contributed by atoms with E-state index in [-0.39, 0.29) is 12.4 Å². The number of aliphatic hydroxyl groups excluding tert-OH is 1. The van der Waals surface area contributed by atoms with Crippen LogP contribution in [0.3, 0.4) is 0 Å². The Labute approximate surface area is 120 Å². The first-order chi connectivity index (χ1) is 9.59. The molecule has 1 heterocycles. The molecule has 1 saturated heterocycles. The maximum atomic E-state index is 12.0. The third-order valence-corrected chi connectivity index (χ3v) is 4.96. The third-order valence-electron chi connectivity index (χ3n) is 3.69. The number of likely N-dealkylation sites (tertiary alicyclic amines) is 1. The fourth-order valence-corrected chi connectivity index (χ4v) is 3.47. The van der Waals surface area contributed by atoms with Crippen LogP contribution >= 0.6 is 0 Å². The van der Waals surface area contributed by atoms with E-state index in [1.807, 2.05) is 6.07 Å². The molecule has 0 unspecified atom stereocenters. The molecule has 1 fully saturated rings. The molecule has 5 nitrogen and oxygen atoms in total. The summed E-state index contributed by atoms with van der Waals surface area (Å²) in [7, 11) is -3.29. The van der Waals surface area contributed by atoms with Crippen LogP contribution in [0.25, 0.3) is 0 Å². The van der Waals surface area contributed by atoms with Gasteiger partial charge in [0.25, 0.3) is 0 Å². The highest BCUT2D eigenvalue weighted by molar-refractivity contribution is 7.92. The first-order valence-corrected chi connectivity index (χ1v) is 8.63. The number of hydrogen-bond donors (Lipinski definition) is 2. The number of nitrogens with zero attached hydrogens (tertiary/aromatic N) is 1. The molecule has 0 saturated carbocycles. The number of aliphatic hydroxyl groups is 1. The minimum atomic E-state index is -3.29. The van der Waals surface area contributed by atoms with Crippen molar-refractivity contribution in [2.24, 2.45) is 5.92 Å². The summed E-state index contributed by atoms with van der Waals surface area (Å²) in [5, 5.41) is 9.08. The predicted octanol–water partition coefficient (Wildman–Crippen LogP) is 1.13. The topological polar surface area (TPSA) is 69.6 Å². The summed E-state index contributed by atoms with van der Waals surface area (Å²) < 4.78 is 26.6. The molecule has 1 aliphatic heterocycles. The number of piperidine rings is 1. The number of sulfonamides is 1. The van der Waals surface area contributed by atoms with Gasteiger partial charge in [-0.3, -0.25) is 4.72 Å². The van der Waals surface area contributed by atoms with Crippen LogP contribution in [0.1, 0.15) is 12.8 Å². The van der Waals surface area contributed by atoms with Crippen molar-refractivity contribution in [2.75, 3.05) is 36.7 Å². The quantitative estimate of drug-likeness (QED) is 0.826. The maximum Gasteiger partial charge on any atom is 0.233 e. The maximum absolute atomic E-state index is 12.0. The van der Waals surface area contributed by atoms with Crippen LogP contribution in [-0.4, -0.2) is 50.4 Å². The van der Waals surface area contributed by atoms with Gasteiger partial charge in [0.15, 0.2) is 0 Å². The molecular weight excluding hydrogens is 276 g/mol. The van der Waals surface area contributed by atoms with Gasteiger partial charge in [-0.15, -0.1) is 0 Å². The number of rotatable bonds is 6. The van der Waals surface area contributed by atoms with Crippen LogP contribution in [0.5, 0.6) is 0 Å². The lowest BCUT2D eigenvalue weighted by molar-refractivity contribution is 0.136. The summed E-state index contributed by atoms with van der Waals surface area (Å²) in [6.07, 6.45) is 1.89. The van der Waals surface area contributed by atoms with Crippen LogP contribution in [0.2, 0.25) is 0 Å². The van der Waals surface area contributed by atoms with Gasteiger partial charge < -0.3 is 10.0 Å². The second-order valence-corrected chi connectivity index (χ2v) is 7.10. The highest BCUT2D eigenvalue weighted by Crippen LogP contribution is 2.16. The lowest BCUT2D eigenvalue weighted by atomic mass is 9.98. The second-order valence-electron chi connectivity index (χ2n) is 5.25. The Balaban J connectivity index is 1.78. The molecule has 0 atom stereocenters. The zero-order valence-corrected chi connectivity index (χ0v) is 12.3. The van der Waals surface area contributed by atoms with E-state index in [4.69, 9.17) is 5.11 Å². The van der Waals surface area contributed by atoms with Gasteiger partial charge in [0, 0.05) is 18.8 Å². The average Bonchev–Trinajstić information content (AvgIpc) is 2.46. The molecule has 0 amide bonds. The first kappa shape index (κ1) is 15.3. The minimum Gasteiger partial charge on any atom is -0.396 e.